The molecule has 9 heteroatoms. The molecule has 3 aliphatic rings. The first-order valence-electron chi connectivity index (χ1n) is 9.46. The molecule has 0 aromatic carbocycles. The SMILES string of the molecule is N#C[C@@H]1C[C@H]1C(=O)N1CCOC2(CCC(NC(=O)Cc3cnns3)CC2)C1. The van der Waals surface area contributed by atoms with Crippen molar-refractivity contribution in [2.45, 2.75) is 50.2 Å². The normalized spacial score (nSPS) is 32.7. The van der Waals surface area contributed by atoms with Crippen LogP contribution in [0.4, 0.5) is 0 Å². The second-order valence-electron chi connectivity index (χ2n) is 7.77. The number of hydrogen-bond acceptors (Lipinski definition) is 7. The number of carbonyl (C=O) groups excluding carboxylic acids is 2. The summed E-state index contributed by atoms with van der Waals surface area (Å²) < 4.78 is 9.86. The number of amides is 2. The van der Waals surface area contributed by atoms with Crippen molar-refractivity contribution in [3.8, 4) is 6.07 Å². The number of aromatic nitrogens is 2. The van der Waals surface area contributed by atoms with Gasteiger partial charge in [0, 0.05) is 19.1 Å². The Kier molecular flexibility index (Phi) is 5.10. The summed E-state index contributed by atoms with van der Waals surface area (Å²) in [6, 6.07) is 2.34. The first-order valence-corrected chi connectivity index (χ1v) is 10.2. The second kappa shape index (κ2) is 7.52. The molecule has 1 spiro atoms. The summed E-state index contributed by atoms with van der Waals surface area (Å²) in [5.74, 6) is -0.101. The number of nitrogens with zero attached hydrogens (tertiary/aromatic N) is 4. The van der Waals surface area contributed by atoms with Crippen molar-refractivity contribution in [2.75, 3.05) is 19.7 Å². The molecule has 2 heterocycles. The average Bonchev–Trinajstić information content (AvgIpc) is 3.30. The molecule has 27 heavy (non-hydrogen) atoms. The third-order valence-corrected chi connectivity index (χ3v) is 6.50. The minimum Gasteiger partial charge on any atom is -0.371 e. The number of rotatable bonds is 4. The number of carbonyl (C=O) groups is 2. The molecule has 2 atom stereocenters. The summed E-state index contributed by atoms with van der Waals surface area (Å²) in [5, 5.41) is 15.8. The highest BCUT2D eigenvalue weighted by Gasteiger charge is 2.48. The van der Waals surface area contributed by atoms with Crippen LogP contribution in [0, 0.1) is 23.2 Å². The van der Waals surface area contributed by atoms with E-state index in [-0.39, 0.29) is 35.3 Å². The Morgan fingerprint density at radius 3 is 2.93 bits per heavy atom. The zero-order valence-electron chi connectivity index (χ0n) is 15.1. The van der Waals surface area contributed by atoms with E-state index in [4.69, 9.17) is 10.00 Å². The molecule has 8 nitrogen and oxygen atoms in total. The fraction of sp³-hybridized carbons (Fsp3) is 0.722. The molecule has 0 bridgehead atoms. The van der Waals surface area contributed by atoms with Gasteiger partial charge in [-0.25, -0.2) is 0 Å². The molecule has 2 saturated carbocycles. The molecular formula is C18H23N5O3S. The Balaban J connectivity index is 1.27. The highest BCUT2D eigenvalue weighted by molar-refractivity contribution is 7.05. The molecule has 4 rings (SSSR count). The molecule has 0 unspecified atom stereocenters. The van der Waals surface area contributed by atoms with Gasteiger partial charge in [0.1, 0.15) is 0 Å². The third kappa shape index (κ3) is 4.12. The molecule has 2 amide bonds. The van der Waals surface area contributed by atoms with E-state index in [2.05, 4.69) is 21.0 Å². The van der Waals surface area contributed by atoms with E-state index in [1.54, 1.807) is 6.20 Å². The number of ether oxygens (including phenoxy) is 1. The van der Waals surface area contributed by atoms with Gasteiger partial charge in [0.15, 0.2) is 0 Å². The van der Waals surface area contributed by atoms with Gasteiger partial charge < -0.3 is 15.0 Å². The first-order chi connectivity index (χ1) is 13.1. The Labute approximate surface area is 162 Å². The van der Waals surface area contributed by atoms with E-state index in [0.29, 0.717) is 32.5 Å². The van der Waals surface area contributed by atoms with Crippen molar-refractivity contribution in [2.24, 2.45) is 11.8 Å². The molecule has 1 aromatic rings. The summed E-state index contributed by atoms with van der Waals surface area (Å²) in [7, 11) is 0. The maximum absolute atomic E-state index is 12.6. The van der Waals surface area contributed by atoms with Crippen LogP contribution < -0.4 is 5.32 Å². The van der Waals surface area contributed by atoms with Crippen molar-refractivity contribution < 1.29 is 14.3 Å². The van der Waals surface area contributed by atoms with Gasteiger partial charge in [-0.3, -0.25) is 9.59 Å². The monoisotopic (exact) mass is 389 g/mol. The Morgan fingerprint density at radius 1 is 1.44 bits per heavy atom. The lowest BCUT2D eigenvalue weighted by atomic mass is 9.80. The maximum Gasteiger partial charge on any atom is 0.227 e. The third-order valence-electron chi connectivity index (χ3n) is 5.84. The molecule has 2 aliphatic carbocycles. The van der Waals surface area contributed by atoms with Crippen LogP contribution in [0.25, 0.3) is 0 Å². The van der Waals surface area contributed by atoms with Crippen LogP contribution in [0.3, 0.4) is 0 Å². The second-order valence-corrected chi connectivity index (χ2v) is 8.64. The van der Waals surface area contributed by atoms with Gasteiger partial charge in [0.05, 0.1) is 47.6 Å². The summed E-state index contributed by atoms with van der Waals surface area (Å²) in [5.41, 5.74) is -0.298. The van der Waals surface area contributed by atoms with Crippen molar-refractivity contribution >= 4 is 23.3 Å². The summed E-state index contributed by atoms with van der Waals surface area (Å²) in [6.07, 6.45) is 5.99. The van der Waals surface area contributed by atoms with E-state index < -0.39 is 0 Å². The van der Waals surface area contributed by atoms with Gasteiger partial charge >= 0.3 is 0 Å². The van der Waals surface area contributed by atoms with Gasteiger partial charge in [-0.15, -0.1) is 5.10 Å². The van der Waals surface area contributed by atoms with Crippen molar-refractivity contribution in [3.63, 3.8) is 0 Å². The van der Waals surface area contributed by atoms with Crippen LogP contribution in [-0.2, 0) is 20.7 Å². The van der Waals surface area contributed by atoms with Crippen molar-refractivity contribution in [1.29, 1.82) is 5.26 Å². The first kappa shape index (κ1) is 18.3. The molecule has 0 radical (unpaired) electrons. The van der Waals surface area contributed by atoms with Gasteiger partial charge in [0.2, 0.25) is 11.8 Å². The zero-order chi connectivity index (χ0) is 18.9. The number of nitriles is 1. The molecule has 3 fully saturated rings. The minimum atomic E-state index is -0.298. The smallest absolute Gasteiger partial charge is 0.227 e. The largest absolute Gasteiger partial charge is 0.371 e. The lowest BCUT2D eigenvalue weighted by molar-refractivity contribution is -0.158. The Bertz CT molecular complexity index is 739. The van der Waals surface area contributed by atoms with Crippen molar-refractivity contribution in [3.05, 3.63) is 11.1 Å². The van der Waals surface area contributed by atoms with Crippen LogP contribution in [-0.4, -0.2) is 57.6 Å². The fourth-order valence-corrected chi connectivity index (χ4v) is 4.66. The van der Waals surface area contributed by atoms with Crippen LogP contribution in [0.5, 0.6) is 0 Å². The van der Waals surface area contributed by atoms with Crippen LogP contribution >= 0.6 is 11.5 Å². The zero-order valence-corrected chi connectivity index (χ0v) is 15.9. The molecule has 144 valence electrons. The van der Waals surface area contributed by atoms with E-state index >= 15 is 0 Å². The van der Waals surface area contributed by atoms with Crippen LogP contribution in [0.2, 0.25) is 0 Å². The summed E-state index contributed by atoms with van der Waals surface area (Å²) in [6.45, 7) is 1.76. The lowest BCUT2D eigenvalue weighted by Gasteiger charge is -2.46. The van der Waals surface area contributed by atoms with E-state index in [9.17, 15) is 9.59 Å². The summed E-state index contributed by atoms with van der Waals surface area (Å²) >= 11 is 1.24. The number of nitrogens with one attached hydrogen (secondary N) is 1. The molecule has 1 aliphatic heterocycles. The number of morpholine rings is 1. The Hall–Kier alpha value is -2.05. The van der Waals surface area contributed by atoms with Crippen molar-refractivity contribution in [1.82, 2.24) is 19.8 Å². The van der Waals surface area contributed by atoms with Gasteiger partial charge in [-0.1, -0.05) is 4.49 Å². The predicted octanol–water partition coefficient (Wildman–Crippen LogP) is 0.897. The van der Waals surface area contributed by atoms with Crippen LogP contribution in [0.15, 0.2) is 6.20 Å². The highest BCUT2D eigenvalue weighted by atomic mass is 32.1. The van der Waals surface area contributed by atoms with E-state index in [0.717, 1.165) is 30.6 Å². The standard InChI is InChI=1S/C18H23N5O3S/c19-9-12-7-15(12)17(25)23-5-6-26-18(11-23)3-1-13(2-4-18)21-16(24)8-14-10-20-22-27-14/h10,12-13,15H,1-8,11H2,(H,21,24)/t12-,13?,15+,18?/m0/s1. The summed E-state index contributed by atoms with van der Waals surface area (Å²) in [4.78, 5) is 27.5. The molecular weight excluding hydrogens is 366 g/mol. The topological polar surface area (TPSA) is 108 Å². The Morgan fingerprint density at radius 2 is 2.26 bits per heavy atom. The highest BCUT2D eigenvalue weighted by Crippen LogP contribution is 2.41. The molecule has 1 aromatic heterocycles. The quantitative estimate of drug-likeness (QED) is 0.819. The minimum absolute atomic E-state index is 0.000328. The fourth-order valence-electron chi connectivity index (χ4n) is 4.17. The average molecular weight is 389 g/mol. The predicted molar refractivity (Wildman–Crippen MR) is 96.5 cm³/mol. The number of hydrogen-bond donors (Lipinski definition) is 1. The molecule has 1 saturated heterocycles. The lowest BCUT2D eigenvalue weighted by Crippen LogP contribution is -2.57. The van der Waals surface area contributed by atoms with Gasteiger partial charge in [-0.05, 0) is 43.6 Å². The van der Waals surface area contributed by atoms with E-state index in [1.807, 2.05) is 4.90 Å². The van der Waals surface area contributed by atoms with Gasteiger partial charge in [-0.2, -0.15) is 5.26 Å². The molecule has 1 N–H and O–H groups in total. The van der Waals surface area contributed by atoms with Gasteiger partial charge in [0.25, 0.3) is 0 Å². The van der Waals surface area contributed by atoms with Crippen LogP contribution in [0.1, 0.15) is 37.0 Å². The maximum atomic E-state index is 12.6. The van der Waals surface area contributed by atoms with E-state index in [1.165, 1.54) is 11.5 Å².